The van der Waals surface area contributed by atoms with Crippen LogP contribution < -0.4 is 4.90 Å². The van der Waals surface area contributed by atoms with Crippen LogP contribution in [0.1, 0.15) is 40.7 Å². The smallest absolute Gasteiger partial charge is 0.257 e. The largest absolute Gasteiger partial charge is 0.383 e. The zero-order chi connectivity index (χ0) is 18.1. The van der Waals surface area contributed by atoms with Gasteiger partial charge in [-0.1, -0.05) is 24.3 Å². The van der Waals surface area contributed by atoms with Crippen LogP contribution in [0.5, 0.6) is 0 Å². The van der Waals surface area contributed by atoms with Crippen molar-refractivity contribution in [2.24, 2.45) is 0 Å². The summed E-state index contributed by atoms with van der Waals surface area (Å²) in [5, 5.41) is 11.3. The minimum Gasteiger partial charge on any atom is -0.383 e. The van der Waals surface area contributed by atoms with Crippen molar-refractivity contribution in [1.82, 2.24) is 9.88 Å². The number of rotatable bonds is 3. The maximum absolute atomic E-state index is 12.9. The predicted octanol–water partition coefficient (Wildman–Crippen LogP) is 2.72. The third kappa shape index (κ3) is 2.97. The van der Waals surface area contributed by atoms with Gasteiger partial charge in [0.2, 0.25) is 0 Å². The molecule has 4 rings (SSSR count). The second-order valence-electron chi connectivity index (χ2n) is 7.39. The number of β-amino-alcohol motifs (C(OH)–C–C–N with tert-alkyl or cyclic N) is 1. The van der Waals surface area contributed by atoms with E-state index in [0.29, 0.717) is 30.9 Å². The summed E-state index contributed by atoms with van der Waals surface area (Å²) in [5.74, 6) is 0.742. The number of likely N-dealkylation sites (tertiary alicyclic amines) is 1. The number of carbonyl (C=O) groups is 1. The number of anilines is 1. The van der Waals surface area contributed by atoms with Crippen molar-refractivity contribution in [3.63, 3.8) is 0 Å². The van der Waals surface area contributed by atoms with Crippen molar-refractivity contribution in [2.45, 2.75) is 31.8 Å². The van der Waals surface area contributed by atoms with E-state index in [9.17, 15) is 9.90 Å². The molecule has 1 N–H and O–H groups in total. The van der Waals surface area contributed by atoms with Crippen LogP contribution in [0, 0.1) is 6.92 Å². The number of aryl methyl sites for hydroxylation is 1. The van der Waals surface area contributed by atoms with Crippen LogP contribution in [-0.4, -0.2) is 47.1 Å². The van der Waals surface area contributed by atoms with Crippen molar-refractivity contribution in [2.75, 3.05) is 31.1 Å². The minimum absolute atomic E-state index is 0.0527. The summed E-state index contributed by atoms with van der Waals surface area (Å²) in [6, 6.07) is 11.6. The lowest BCUT2D eigenvalue weighted by Gasteiger charge is -2.27. The molecule has 2 aliphatic heterocycles. The highest BCUT2D eigenvalue weighted by molar-refractivity contribution is 5.99. The topological polar surface area (TPSA) is 56.7 Å². The summed E-state index contributed by atoms with van der Waals surface area (Å²) in [6.07, 6.45) is 4.49. The van der Waals surface area contributed by atoms with Crippen LogP contribution >= 0.6 is 0 Å². The van der Waals surface area contributed by atoms with Gasteiger partial charge in [0, 0.05) is 25.8 Å². The summed E-state index contributed by atoms with van der Waals surface area (Å²) in [4.78, 5) is 21.4. The van der Waals surface area contributed by atoms with Crippen LogP contribution in [-0.2, 0) is 5.60 Å². The SMILES string of the molecule is Cc1ccccc1C1(O)CCN(c2ncccc2C(=O)N2CCCC2)C1. The second-order valence-corrected chi connectivity index (χ2v) is 7.39. The average Bonchev–Trinajstić information content (AvgIpc) is 3.32. The molecular weight excluding hydrogens is 326 g/mol. The first-order valence-electron chi connectivity index (χ1n) is 9.36. The summed E-state index contributed by atoms with van der Waals surface area (Å²) < 4.78 is 0. The van der Waals surface area contributed by atoms with Crippen molar-refractivity contribution in [1.29, 1.82) is 0 Å². The van der Waals surface area contributed by atoms with Gasteiger partial charge in [-0.3, -0.25) is 4.79 Å². The van der Waals surface area contributed by atoms with Crippen LogP contribution in [0.3, 0.4) is 0 Å². The molecule has 0 radical (unpaired) electrons. The zero-order valence-electron chi connectivity index (χ0n) is 15.2. The van der Waals surface area contributed by atoms with Gasteiger partial charge in [-0.15, -0.1) is 0 Å². The molecule has 1 unspecified atom stereocenters. The Labute approximate surface area is 154 Å². The van der Waals surface area contributed by atoms with Crippen LogP contribution in [0.2, 0.25) is 0 Å². The van der Waals surface area contributed by atoms with Crippen LogP contribution in [0.4, 0.5) is 5.82 Å². The summed E-state index contributed by atoms with van der Waals surface area (Å²) in [5.41, 5.74) is 1.79. The lowest BCUT2D eigenvalue weighted by molar-refractivity contribution is 0.0599. The van der Waals surface area contributed by atoms with Gasteiger partial charge in [-0.25, -0.2) is 4.98 Å². The number of amides is 1. The van der Waals surface area contributed by atoms with E-state index < -0.39 is 5.60 Å². The molecule has 1 atom stereocenters. The average molecular weight is 351 g/mol. The predicted molar refractivity (Wildman–Crippen MR) is 101 cm³/mol. The first-order valence-corrected chi connectivity index (χ1v) is 9.36. The van der Waals surface area contributed by atoms with E-state index in [0.717, 1.165) is 37.1 Å². The number of nitrogens with zero attached hydrogens (tertiary/aromatic N) is 3. The Balaban J connectivity index is 1.62. The maximum Gasteiger partial charge on any atom is 0.257 e. The molecule has 26 heavy (non-hydrogen) atoms. The number of hydrogen-bond donors (Lipinski definition) is 1. The Morgan fingerprint density at radius 2 is 1.88 bits per heavy atom. The number of benzene rings is 1. The molecule has 1 aromatic carbocycles. The van der Waals surface area contributed by atoms with E-state index in [1.165, 1.54) is 0 Å². The molecule has 2 aromatic rings. The quantitative estimate of drug-likeness (QED) is 0.924. The second kappa shape index (κ2) is 6.72. The van der Waals surface area contributed by atoms with E-state index in [1.807, 2.05) is 48.2 Å². The Hall–Kier alpha value is -2.40. The van der Waals surface area contributed by atoms with Crippen molar-refractivity contribution >= 4 is 11.7 Å². The van der Waals surface area contributed by atoms with Gasteiger partial charge in [-0.2, -0.15) is 0 Å². The monoisotopic (exact) mass is 351 g/mol. The van der Waals surface area contributed by atoms with E-state index in [-0.39, 0.29) is 5.91 Å². The van der Waals surface area contributed by atoms with E-state index in [4.69, 9.17) is 0 Å². The summed E-state index contributed by atoms with van der Waals surface area (Å²) >= 11 is 0. The lowest BCUT2D eigenvalue weighted by Crippen LogP contribution is -2.34. The molecule has 136 valence electrons. The standard InChI is InChI=1S/C21H25N3O2/c1-16-7-2-3-9-18(16)21(26)10-14-24(15-21)19-17(8-6-11-22-19)20(25)23-12-4-5-13-23/h2-3,6-9,11,26H,4-5,10,12-15H2,1H3. The third-order valence-electron chi connectivity index (χ3n) is 5.60. The molecule has 0 bridgehead atoms. The molecule has 2 fully saturated rings. The molecule has 1 aromatic heterocycles. The Morgan fingerprint density at radius 1 is 1.12 bits per heavy atom. The molecule has 2 aliphatic rings. The van der Waals surface area contributed by atoms with Gasteiger partial charge in [0.15, 0.2) is 0 Å². The van der Waals surface area contributed by atoms with E-state index in [1.54, 1.807) is 6.20 Å². The number of carbonyl (C=O) groups excluding carboxylic acids is 1. The van der Waals surface area contributed by atoms with Crippen molar-refractivity contribution in [3.05, 3.63) is 59.3 Å². The lowest BCUT2D eigenvalue weighted by atomic mass is 9.89. The molecule has 0 saturated carbocycles. The first-order chi connectivity index (χ1) is 12.6. The van der Waals surface area contributed by atoms with Crippen molar-refractivity contribution < 1.29 is 9.90 Å². The molecular formula is C21H25N3O2. The number of pyridine rings is 1. The summed E-state index contributed by atoms with van der Waals surface area (Å²) in [7, 11) is 0. The molecule has 3 heterocycles. The van der Waals surface area contributed by atoms with Gasteiger partial charge in [0.1, 0.15) is 11.4 Å². The molecule has 0 spiro atoms. The van der Waals surface area contributed by atoms with Gasteiger partial charge >= 0.3 is 0 Å². The Bertz CT molecular complexity index is 816. The molecule has 2 saturated heterocycles. The number of aliphatic hydroxyl groups is 1. The zero-order valence-corrected chi connectivity index (χ0v) is 15.2. The highest BCUT2D eigenvalue weighted by atomic mass is 16.3. The van der Waals surface area contributed by atoms with Crippen LogP contribution in [0.15, 0.2) is 42.6 Å². The molecule has 5 nitrogen and oxygen atoms in total. The number of hydrogen-bond acceptors (Lipinski definition) is 4. The fourth-order valence-electron chi connectivity index (χ4n) is 4.20. The fourth-order valence-corrected chi connectivity index (χ4v) is 4.20. The molecule has 1 amide bonds. The van der Waals surface area contributed by atoms with Gasteiger partial charge in [0.05, 0.1) is 12.1 Å². The summed E-state index contributed by atoms with van der Waals surface area (Å²) in [6.45, 7) is 4.80. The van der Waals surface area contributed by atoms with Gasteiger partial charge < -0.3 is 14.9 Å². The van der Waals surface area contributed by atoms with Crippen LogP contribution in [0.25, 0.3) is 0 Å². The fraction of sp³-hybridized carbons (Fsp3) is 0.429. The van der Waals surface area contributed by atoms with E-state index in [2.05, 4.69) is 9.88 Å². The van der Waals surface area contributed by atoms with Gasteiger partial charge in [0.25, 0.3) is 5.91 Å². The first kappa shape index (κ1) is 17.0. The number of aromatic nitrogens is 1. The maximum atomic E-state index is 12.9. The third-order valence-corrected chi connectivity index (χ3v) is 5.60. The van der Waals surface area contributed by atoms with Gasteiger partial charge in [-0.05, 0) is 49.4 Å². The highest BCUT2D eigenvalue weighted by Crippen LogP contribution is 2.36. The Kier molecular flexibility index (Phi) is 4.41. The van der Waals surface area contributed by atoms with Crippen molar-refractivity contribution in [3.8, 4) is 0 Å². The highest BCUT2D eigenvalue weighted by Gasteiger charge is 2.40. The minimum atomic E-state index is -0.906. The Morgan fingerprint density at radius 3 is 2.65 bits per heavy atom. The normalized spacial score (nSPS) is 22.8. The molecule has 0 aliphatic carbocycles. The van der Waals surface area contributed by atoms with E-state index >= 15 is 0 Å². The molecule has 5 heteroatoms.